The van der Waals surface area contributed by atoms with E-state index in [4.69, 9.17) is 4.42 Å². The molecule has 2 saturated carbocycles. The Hall–Kier alpha value is -0.900. The third-order valence-electron chi connectivity index (χ3n) is 4.29. The SMILES string of the molecule is CC1(c2nnc(CCNC3CC3)o2)CCCCC1. The van der Waals surface area contributed by atoms with Crippen LogP contribution < -0.4 is 5.32 Å². The second kappa shape index (κ2) is 5.00. The molecule has 0 atom stereocenters. The van der Waals surface area contributed by atoms with Crippen LogP contribution in [0, 0.1) is 0 Å². The van der Waals surface area contributed by atoms with Gasteiger partial charge >= 0.3 is 0 Å². The molecule has 0 saturated heterocycles. The van der Waals surface area contributed by atoms with E-state index in [0.717, 1.165) is 30.8 Å². The van der Waals surface area contributed by atoms with Gasteiger partial charge in [-0.2, -0.15) is 0 Å². The van der Waals surface area contributed by atoms with Crippen LogP contribution >= 0.6 is 0 Å². The fourth-order valence-corrected chi connectivity index (χ4v) is 2.82. The zero-order chi connectivity index (χ0) is 12.4. The van der Waals surface area contributed by atoms with Gasteiger partial charge in [-0.1, -0.05) is 26.2 Å². The van der Waals surface area contributed by atoms with E-state index in [0.29, 0.717) is 0 Å². The first-order valence-corrected chi connectivity index (χ1v) is 7.32. The van der Waals surface area contributed by atoms with Crippen LogP contribution in [0.3, 0.4) is 0 Å². The predicted octanol–water partition coefficient (Wildman–Crippen LogP) is 2.59. The van der Waals surface area contributed by atoms with Crippen molar-refractivity contribution >= 4 is 0 Å². The number of nitrogens with zero attached hydrogens (tertiary/aromatic N) is 2. The largest absolute Gasteiger partial charge is 0.425 e. The molecule has 2 aliphatic rings. The van der Waals surface area contributed by atoms with Crippen LogP contribution in [-0.2, 0) is 11.8 Å². The Morgan fingerprint density at radius 1 is 1.22 bits per heavy atom. The Kier molecular flexibility index (Phi) is 3.37. The highest BCUT2D eigenvalue weighted by Gasteiger charge is 2.34. The van der Waals surface area contributed by atoms with Crippen LogP contribution in [0.25, 0.3) is 0 Å². The molecule has 3 rings (SSSR count). The monoisotopic (exact) mass is 249 g/mol. The van der Waals surface area contributed by atoms with Gasteiger partial charge in [0.1, 0.15) is 0 Å². The maximum absolute atomic E-state index is 5.87. The van der Waals surface area contributed by atoms with Crippen LogP contribution in [0.1, 0.15) is 63.7 Å². The van der Waals surface area contributed by atoms with Crippen LogP contribution in [0.4, 0.5) is 0 Å². The molecule has 4 nitrogen and oxygen atoms in total. The summed E-state index contributed by atoms with van der Waals surface area (Å²) in [4.78, 5) is 0. The van der Waals surface area contributed by atoms with Crippen LogP contribution in [0.2, 0.25) is 0 Å². The molecule has 1 aromatic heterocycles. The van der Waals surface area contributed by atoms with Gasteiger partial charge in [0, 0.05) is 24.4 Å². The first-order valence-electron chi connectivity index (χ1n) is 7.32. The minimum atomic E-state index is 0.132. The van der Waals surface area contributed by atoms with Crippen molar-refractivity contribution in [1.29, 1.82) is 0 Å². The average Bonchev–Trinajstić information content (AvgIpc) is 3.06. The maximum Gasteiger partial charge on any atom is 0.222 e. The lowest BCUT2D eigenvalue weighted by molar-refractivity contribution is 0.251. The van der Waals surface area contributed by atoms with Gasteiger partial charge in [-0.3, -0.25) is 0 Å². The molecule has 0 radical (unpaired) electrons. The van der Waals surface area contributed by atoms with Gasteiger partial charge < -0.3 is 9.73 Å². The lowest BCUT2D eigenvalue weighted by Crippen LogP contribution is -2.25. The number of hydrogen-bond donors (Lipinski definition) is 1. The summed E-state index contributed by atoms with van der Waals surface area (Å²) in [6.45, 7) is 3.23. The lowest BCUT2D eigenvalue weighted by Gasteiger charge is -2.29. The highest BCUT2D eigenvalue weighted by Crippen LogP contribution is 2.38. The van der Waals surface area contributed by atoms with Crippen LogP contribution in [0.5, 0.6) is 0 Å². The fraction of sp³-hybridized carbons (Fsp3) is 0.857. The first kappa shape index (κ1) is 12.2. The smallest absolute Gasteiger partial charge is 0.222 e. The number of nitrogens with one attached hydrogen (secondary N) is 1. The molecule has 0 aliphatic heterocycles. The summed E-state index contributed by atoms with van der Waals surface area (Å²) in [5, 5.41) is 12.0. The summed E-state index contributed by atoms with van der Waals surface area (Å²) in [7, 11) is 0. The third-order valence-corrected chi connectivity index (χ3v) is 4.29. The number of aromatic nitrogens is 2. The van der Waals surface area contributed by atoms with Gasteiger partial charge in [-0.25, -0.2) is 0 Å². The van der Waals surface area contributed by atoms with E-state index in [9.17, 15) is 0 Å². The average molecular weight is 249 g/mol. The molecule has 0 unspecified atom stereocenters. The maximum atomic E-state index is 5.87. The summed E-state index contributed by atoms with van der Waals surface area (Å²) in [5.74, 6) is 1.66. The van der Waals surface area contributed by atoms with Crippen molar-refractivity contribution in [2.45, 2.75) is 69.7 Å². The van der Waals surface area contributed by atoms with Crippen molar-refractivity contribution in [3.05, 3.63) is 11.8 Å². The highest BCUT2D eigenvalue weighted by atomic mass is 16.4. The van der Waals surface area contributed by atoms with Gasteiger partial charge in [0.15, 0.2) is 0 Å². The molecule has 18 heavy (non-hydrogen) atoms. The molecular formula is C14H23N3O. The van der Waals surface area contributed by atoms with Gasteiger partial charge in [-0.05, 0) is 25.7 Å². The van der Waals surface area contributed by atoms with Gasteiger partial charge in [0.05, 0.1) is 0 Å². The zero-order valence-electron chi connectivity index (χ0n) is 11.2. The minimum Gasteiger partial charge on any atom is -0.425 e. The predicted molar refractivity (Wildman–Crippen MR) is 69.5 cm³/mol. The van der Waals surface area contributed by atoms with Crippen molar-refractivity contribution in [2.75, 3.05) is 6.54 Å². The molecule has 2 fully saturated rings. The van der Waals surface area contributed by atoms with Crippen LogP contribution in [-0.4, -0.2) is 22.8 Å². The Morgan fingerprint density at radius 2 is 2.00 bits per heavy atom. The van der Waals surface area contributed by atoms with E-state index in [-0.39, 0.29) is 5.41 Å². The summed E-state index contributed by atoms with van der Waals surface area (Å²) in [5.41, 5.74) is 0.132. The number of hydrogen-bond acceptors (Lipinski definition) is 4. The second-order valence-corrected chi connectivity index (χ2v) is 6.10. The molecule has 0 spiro atoms. The fourth-order valence-electron chi connectivity index (χ4n) is 2.82. The van der Waals surface area contributed by atoms with Crippen LogP contribution in [0.15, 0.2) is 4.42 Å². The highest BCUT2D eigenvalue weighted by molar-refractivity contribution is 5.03. The molecule has 0 bridgehead atoms. The van der Waals surface area contributed by atoms with Crippen molar-refractivity contribution in [2.24, 2.45) is 0 Å². The molecule has 0 amide bonds. The second-order valence-electron chi connectivity index (χ2n) is 6.10. The first-order chi connectivity index (χ1) is 8.76. The summed E-state index contributed by atoms with van der Waals surface area (Å²) >= 11 is 0. The Labute approximate surface area is 109 Å². The Morgan fingerprint density at radius 3 is 2.72 bits per heavy atom. The molecular weight excluding hydrogens is 226 g/mol. The molecule has 0 aromatic carbocycles. The molecule has 1 aromatic rings. The normalized spacial score (nSPS) is 23.2. The van der Waals surface area contributed by atoms with Crippen molar-refractivity contribution in [3.8, 4) is 0 Å². The summed E-state index contributed by atoms with van der Waals surface area (Å²) < 4.78 is 5.87. The molecule has 2 aliphatic carbocycles. The van der Waals surface area contributed by atoms with Crippen molar-refractivity contribution in [1.82, 2.24) is 15.5 Å². The topological polar surface area (TPSA) is 51.0 Å². The van der Waals surface area contributed by atoms with E-state index in [1.807, 2.05) is 0 Å². The van der Waals surface area contributed by atoms with Gasteiger partial charge in [0.2, 0.25) is 11.8 Å². The van der Waals surface area contributed by atoms with Gasteiger partial charge in [0.25, 0.3) is 0 Å². The quantitative estimate of drug-likeness (QED) is 0.871. The van der Waals surface area contributed by atoms with E-state index in [1.165, 1.54) is 44.9 Å². The molecule has 4 heteroatoms. The van der Waals surface area contributed by atoms with E-state index in [1.54, 1.807) is 0 Å². The third kappa shape index (κ3) is 2.74. The zero-order valence-corrected chi connectivity index (χ0v) is 11.2. The summed E-state index contributed by atoms with van der Waals surface area (Å²) in [6.07, 6.45) is 9.82. The van der Waals surface area contributed by atoms with Crippen molar-refractivity contribution in [3.63, 3.8) is 0 Å². The van der Waals surface area contributed by atoms with E-state index >= 15 is 0 Å². The lowest BCUT2D eigenvalue weighted by atomic mass is 9.76. The molecule has 100 valence electrons. The Balaban J connectivity index is 1.57. The Bertz CT molecular complexity index is 391. The summed E-state index contributed by atoms with van der Waals surface area (Å²) in [6, 6.07) is 0.753. The molecule has 1 N–H and O–H groups in total. The standard InChI is InChI=1S/C14H23N3O/c1-14(8-3-2-4-9-14)13-17-16-12(18-13)7-10-15-11-5-6-11/h11,15H,2-10H2,1H3. The van der Waals surface area contributed by atoms with E-state index < -0.39 is 0 Å². The molecule has 1 heterocycles. The van der Waals surface area contributed by atoms with E-state index in [2.05, 4.69) is 22.4 Å². The minimum absolute atomic E-state index is 0.132. The van der Waals surface area contributed by atoms with Crippen molar-refractivity contribution < 1.29 is 4.42 Å². The van der Waals surface area contributed by atoms with Gasteiger partial charge in [-0.15, -0.1) is 10.2 Å². The number of rotatable bonds is 5.